The van der Waals surface area contributed by atoms with Gasteiger partial charge in [-0.05, 0) is 37.3 Å². The predicted octanol–water partition coefficient (Wildman–Crippen LogP) is 2.47. The number of carbonyl (C=O) groups excluding carboxylic acids is 1. The molecule has 10 heteroatoms. The number of carbonyl (C=O) groups is 1. The van der Waals surface area contributed by atoms with Crippen molar-refractivity contribution in [1.29, 1.82) is 0 Å². The first-order valence-electron chi connectivity index (χ1n) is 9.68. The first-order valence-corrected chi connectivity index (χ1v) is 9.68. The molecule has 2 aromatic carbocycles. The van der Waals surface area contributed by atoms with E-state index in [1.165, 1.54) is 10.5 Å². The summed E-state index contributed by atoms with van der Waals surface area (Å²) in [5.41, 5.74) is 1.38. The van der Waals surface area contributed by atoms with Gasteiger partial charge in [-0.2, -0.15) is 0 Å². The van der Waals surface area contributed by atoms with Crippen LogP contribution in [0.1, 0.15) is 11.4 Å². The number of ether oxygens (including phenoxy) is 1. The number of methoxy groups -OCH3 is 1. The van der Waals surface area contributed by atoms with Crippen LogP contribution >= 0.6 is 0 Å². The number of hydrogen-bond donors (Lipinski definition) is 1. The van der Waals surface area contributed by atoms with E-state index >= 15 is 0 Å². The topological polar surface area (TPSA) is 90.5 Å². The van der Waals surface area contributed by atoms with Crippen molar-refractivity contribution >= 4 is 11.6 Å². The molecule has 0 unspecified atom stereocenters. The van der Waals surface area contributed by atoms with Crippen LogP contribution in [0.15, 0.2) is 53.3 Å². The van der Waals surface area contributed by atoms with E-state index in [2.05, 4.69) is 15.4 Å². The molecule has 8 nitrogen and oxygen atoms in total. The lowest BCUT2D eigenvalue weighted by molar-refractivity contribution is -0.122. The van der Waals surface area contributed by atoms with Gasteiger partial charge in [-0.1, -0.05) is 6.07 Å². The summed E-state index contributed by atoms with van der Waals surface area (Å²) < 4.78 is 34.2. The number of aromatic nitrogens is 4. The third-order valence-corrected chi connectivity index (χ3v) is 4.91. The second-order valence-electron chi connectivity index (χ2n) is 7.06. The molecule has 4 rings (SSSR count). The number of amides is 1. The van der Waals surface area contributed by atoms with E-state index in [-0.39, 0.29) is 18.7 Å². The maximum Gasteiger partial charge on any atom is 0.352 e. The molecular weight excluding hydrogens is 420 g/mol. The smallest absolute Gasteiger partial charge is 0.352 e. The van der Waals surface area contributed by atoms with Gasteiger partial charge in [0.2, 0.25) is 5.91 Å². The van der Waals surface area contributed by atoms with Crippen molar-refractivity contribution in [3.05, 3.63) is 82.0 Å². The highest BCUT2D eigenvalue weighted by Gasteiger charge is 2.15. The van der Waals surface area contributed by atoms with Crippen molar-refractivity contribution in [3.63, 3.8) is 0 Å². The fourth-order valence-electron chi connectivity index (χ4n) is 3.26. The standard InChI is InChI=1S/C22H19F2N5O3/c1-13-26-19(14-4-7-17(32-2)8-5-14)10-20-27-28(22(31)29(13)20)12-21(30)25-11-15-3-6-16(23)9-18(15)24/h3-10H,11-12H2,1-2H3,(H,25,30). The largest absolute Gasteiger partial charge is 0.497 e. The number of nitrogens with zero attached hydrogens (tertiary/aromatic N) is 4. The van der Waals surface area contributed by atoms with Crippen LogP contribution in [0.5, 0.6) is 5.75 Å². The zero-order valence-electron chi connectivity index (χ0n) is 17.3. The molecule has 1 amide bonds. The van der Waals surface area contributed by atoms with Crippen molar-refractivity contribution in [3.8, 4) is 17.0 Å². The minimum Gasteiger partial charge on any atom is -0.497 e. The quantitative estimate of drug-likeness (QED) is 0.499. The Morgan fingerprint density at radius 1 is 1.12 bits per heavy atom. The van der Waals surface area contributed by atoms with E-state index in [0.717, 1.165) is 22.4 Å². The molecule has 0 radical (unpaired) electrons. The van der Waals surface area contributed by atoms with E-state index in [1.807, 2.05) is 12.1 Å². The second kappa shape index (κ2) is 8.58. The Bertz CT molecular complexity index is 1360. The van der Waals surface area contributed by atoms with Crippen LogP contribution in [0.4, 0.5) is 8.78 Å². The summed E-state index contributed by atoms with van der Waals surface area (Å²) in [5.74, 6) is -0.882. The fourth-order valence-corrected chi connectivity index (χ4v) is 3.26. The first kappa shape index (κ1) is 21.2. The minimum absolute atomic E-state index is 0.131. The van der Waals surface area contributed by atoms with Gasteiger partial charge in [0.1, 0.15) is 29.8 Å². The van der Waals surface area contributed by atoms with Crippen LogP contribution in [-0.4, -0.2) is 32.2 Å². The van der Waals surface area contributed by atoms with Crippen molar-refractivity contribution in [2.24, 2.45) is 0 Å². The summed E-state index contributed by atoms with van der Waals surface area (Å²) in [6.07, 6.45) is 0. The zero-order chi connectivity index (χ0) is 22.8. The molecule has 164 valence electrons. The minimum atomic E-state index is -0.761. The highest BCUT2D eigenvalue weighted by Crippen LogP contribution is 2.21. The molecule has 0 atom stereocenters. The molecule has 0 bridgehead atoms. The SMILES string of the molecule is COc1ccc(-c2cc3nn(CC(=O)NCc4ccc(F)cc4F)c(=O)n3c(C)n2)cc1. The van der Waals surface area contributed by atoms with Gasteiger partial charge in [0.15, 0.2) is 5.65 Å². The summed E-state index contributed by atoms with van der Waals surface area (Å²) in [6.45, 7) is 1.17. The molecular formula is C22H19F2N5O3. The molecule has 0 aliphatic carbocycles. The summed E-state index contributed by atoms with van der Waals surface area (Å²) >= 11 is 0. The maximum absolute atomic E-state index is 13.7. The summed E-state index contributed by atoms with van der Waals surface area (Å²) in [4.78, 5) is 29.5. The number of halogens is 2. The van der Waals surface area contributed by atoms with E-state index in [4.69, 9.17) is 4.74 Å². The highest BCUT2D eigenvalue weighted by atomic mass is 19.1. The van der Waals surface area contributed by atoms with Crippen molar-refractivity contribution in [2.75, 3.05) is 7.11 Å². The molecule has 0 fully saturated rings. The lowest BCUT2D eigenvalue weighted by Crippen LogP contribution is -2.33. The van der Waals surface area contributed by atoms with Gasteiger partial charge < -0.3 is 10.1 Å². The van der Waals surface area contributed by atoms with Crippen LogP contribution < -0.4 is 15.7 Å². The van der Waals surface area contributed by atoms with E-state index in [9.17, 15) is 18.4 Å². The monoisotopic (exact) mass is 439 g/mol. The Labute approximate surface area is 181 Å². The number of fused-ring (bicyclic) bond motifs is 1. The van der Waals surface area contributed by atoms with Gasteiger partial charge in [-0.15, -0.1) is 5.10 Å². The molecule has 0 aliphatic rings. The van der Waals surface area contributed by atoms with Gasteiger partial charge in [-0.3, -0.25) is 4.79 Å². The molecule has 4 aromatic rings. The maximum atomic E-state index is 13.7. The van der Waals surface area contributed by atoms with Crippen LogP contribution in [0.3, 0.4) is 0 Å². The highest BCUT2D eigenvalue weighted by molar-refractivity contribution is 5.75. The Morgan fingerprint density at radius 2 is 1.88 bits per heavy atom. The number of hydrogen-bond acceptors (Lipinski definition) is 5. The van der Waals surface area contributed by atoms with Gasteiger partial charge in [-0.25, -0.2) is 27.6 Å². The van der Waals surface area contributed by atoms with E-state index < -0.39 is 23.2 Å². The lowest BCUT2D eigenvalue weighted by atomic mass is 10.1. The second-order valence-corrected chi connectivity index (χ2v) is 7.06. The number of nitrogens with one attached hydrogen (secondary N) is 1. The van der Waals surface area contributed by atoms with Crippen molar-refractivity contribution < 1.29 is 18.3 Å². The Kier molecular flexibility index (Phi) is 5.67. The first-order chi connectivity index (χ1) is 15.4. The molecule has 1 N–H and O–H groups in total. The molecule has 0 saturated carbocycles. The zero-order valence-corrected chi connectivity index (χ0v) is 17.3. The van der Waals surface area contributed by atoms with Crippen molar-refractivity contribution in [2.45, 2.75) is 20.0 Å². The van der Waals surface area contributed by atoms with Gasteiger partial charge in [0.05, 0.1) is 12.8 Å². The number of aryl methyl sites for hydroxylation is 1. The molecule has 32 heavy (non-hydrogen) atoms. The summed E-state index contributed by atoms with van der Waals surface area (Å²) in [7, 11) is 1.58. The van der Waals surface area contributed by atoms with Crippen LogP contribution in [0.2, 0.25) is 0 Å². The molecule has 0 spiro atoms. The van der Waals surface area contributed by atoms with E-state index in [0.29, 0.717) is 22.9 Å². The Hall–Kier alpha value is -4.08. The molecule has 2 heterocycles. The lowest BCUT2D eigenvalue weighted by Gasteiger charge is -2.06. The Balaban J connectivity index is 1.55. The molecule has 0 saturated heterocycles. The van der Waals surface area contributed by atoms with Gasteiger partial charge in [0.25, 0.3) is 0 Å². The van der Waals surface area contributed by atoms with E-state index in [1.54, 1.807) is 32.2 Å². The van der Waals surface area contributed by atoms with Crippen LogP contribution in [0.25, 0.3) is 16.9 Å². The van der Waals surface area contributed by atoms with Gasteiger partial charge in [0, 0.05) is 29.8 Å². The average molecular weight is 439 g/mol. The Morgan fingerprint density at radius 3 is 2.56 bits per heavy atom. The summed E-state index contributed by atoms with van der Waals surface area (Å²) in [6, 6.07) is 12.0. The van der Waals surface area contributed by atoms with Gasteiger partial charge >= 0.3 is 5.69 Å². The summed E-state index contributed by atoms with van der Waals surface area (Å²) in [5, 5.41) is 6.74. The van der Waals surface area contributed by atoms with Crippen molar-refractivity contribution in [1.82, 2.24) is 24.5 Å². The van der Waals surface area contributed by atoms with Crippen LogP contribution in [0, 0.1) is 18.6 Å². The molecule has 2 aromatic heterocycles. The predicted molar refractivity (Wildman–Crippen MR) is 112 cm³/mol. The van der Waals surface area contributed by atoms with Crippen LogP contribution in [-0.2, 0) is 17.9 Å². The number of rotatable bonds is 6. The fraction of sp³-hybridized carbons (Fsp3) is 0.182. The third-order valence-electron chi connectivity index (χ3n) is 4.91. The third kappa shape index (κ3) is 4.20. The average Bonchev–Trinajstić information content (AvgIpc) is 3.08. The molecule has 0 aliphatic heterocycles. The number of benzene rings is 2. The normalized spacial score (nSPS) is 11.0.